The number of carbonyl (C=O) groups excluding carboxylic acids is 1. The number of thioether (sulfide) groups is 1. The van der Waals surface area contributed by atoms with Crippen LogP contribution < -0.4 is 5.32 Å². The molecule has 0 spiro atoms. The molecule has 0 saturated carbocycles. The summed E-state index contributed by atoms with van der Waals surface area (Å²) in [6.45, 7) is 0.588. The maximum atomic E-state index is 12.3. The van der Waals surface area contributed by atoms with Crippen molar-refractivity contribution in [2.45, 2.75) is 5.16 Å². The lowest BCUT2D eigenvalue weighted by atomic mass is 10.2. The fourth-order valence-electron chi connectivity index (χ4n) is 2.84. The van der Waals surface area contributed by atoms with Gasteiger partial charge in [-0.2, -0.15) is 0 Å². The number of para-hydroxylation sites is 2. The molecule has 0 bridgehead atoms. The molecule has 0 atom stereocenters. The minimum atomic E-state index is -0.0718. The minimum Gasteiger partial charge on any atom is -0.351 e. The number of hydrogen-bond acceptors (Lipinski definition) is 4. The van der Waals surface area contributed by atoms with E-state index in [9.17, 15) is 4.79 Å². The summed E-state index contributed by atoms with van der Waals surface area (Å²) in [7, 11) is 1.96. The van der Waals surface area contributed by atoms with Crippen LogP contribution in [0.5, 0.6) is 0 Å². The highest BCUT2D eigenvalue weighted by Gasteiger charge is 2.08. The SMILES string of the molecule is Cn1ccnc1SCCNC(=O)c1ccc(-n2cnc3ccccc32)cc1. The van der Waals surface area contributed by atoms with Crippen molar-refractivity contribution in [2.24, 2.45) is 7.05 Å². The zero-order chi connectivity index (χ0) is 18.6. The number of hydrogen-bond donors (Lipinski definition) is 1. The molecule has 4 rings (SSSR count). The van der Waals surface area contributed by atoms with E-state index in [1.54, 1.807) is 24.3 Å². The van der Waals surface area contributed by atoms with Gasteiger partial charge in [0.15, 0.2) is 5.16 Å². The van der Waals surface area contributed by atoms with E-state index in [0.29, 0.717) is 12.1 Å². The number of amides is 1. The molecule has 0 fully saturated rings. The maximum absolute atomic E-state index is 12.3. The molecule has 1 amide bonds. The van der Waals surface area contributed by atoms with Crippen LogP contribution in [0.1, 0.15) is 10.4 Å². The van der Waals surface area contributed by atoms with Gasteiger partial charge in [-0.15, -0.1) is 0 Å². The third kappa shape index (κ3) is 3.73. The third-order valence-electron chi connectivity index (χ3n) is 4.26. The van der Waals surface area contributed by atoms with E-state index in [0.717, 1.165) is 27.6 Å². The molecule has 0 aliphatic rings. The Kier molecular flexibility index (Phi) is 4.93. The van der Waals surface area contributed by atoms with Gasteiger partial charge in [0.05, 0.1) is 11.0 Å². The Balaban J connectivity index is 1.37. The van der Waals surface area contributed by atoms with Crippen molar-refractivity contribution in [1.29, 1.82) is 0 Å². The van der Waals surface area contributed by atoms with E-state index in [-0.39, 0.29) is 5.91 Å². The summed E-state index contributed by atoms with van der Waals surface area (Å²) < 4.78 is 3.98. The summed E-state index contributed by atoms with van der Waals surface area (Å²) in [4.78, 5) is 21.0. The first kappa shape index (κ1) is 17.4. The van der Waals surface area contributed by atoms with Gasteiger partial charge in [-0.3, -0.25) is 9.36 Å². The van der Waals surface area contributed by atoms with Crippen LogP contribution >= 0.6 is 11.8 Å². The predicted octanol–water partition coefficient (Wildman–Crippen LogP) is 3.28. The van der Waals surface area contributed by atoms with Crippen LogP contribution in [0.3, 0.4) is 0 Å². The Labute approximate surface area is 161 Å². The number of aromatic nitrogens is 4. The van der Waals surface area contributed by atoms with Gasteiger partial charge in [0.25, 0.3) is 5.91 Å². The van der Waals surface area contributed by atoms with Crippen molar-refractivity contribution in [3.63, 3.8) is 0 Å². The lowest BCUT2D eigenvalue weighted by Gasteiger charge is -2.07. The summed E-state index contributed by atoms with van der Waals surface area (Å²) in [6, 6.07) is 15.5. The Morgan fingerprint density at radius 1 is 1.11 bits per heavy atom. The van der Waals surface area contributed by atoms with E-state index in [4.69, 9.17) is 0 Å². The van der Waals surface area contributed by atoms with Crippen LogP contribution in [0.4, 0.5) is 0 Å². The van der Waals surface area contributed by atoms with Crippen LogP contribution in [0.25, 0.3) is 16.7 Å². The first-order chi connectivity index (χ1) is 13.2. The van der Waals surface area contributed by atoms with Crippen molar-refractivity contribution in [2.75, 3.05) is 12.3 Å². The highest BCUT2D eigenvalue weighted by atomic mass is 32.2. The molecule has 2 aromatic heterocycles. The van der Waals surface area contributed by atoms with E-state index in [2.05, 4.69) is 15.3 Å². The molecule has 7 heteroatoms. The van der Waals surface area contributed by atoms with Gasteiger partial charge in [0.2, 0.25) is 0 Å². The lowest BCUT2D eigenvalue weighted by Crippen LogP contribution is -2.25. The number of fused-ring (bicyclic) bond motifs is 1. The third-order valence-corrected chi connectivity index (χ3v) is 5.32. The summed E-state index contributed by atoms with van der Waals surface area (Å²) in [5, 5.41) is 3.89. The van der Waals surface area contributed by atoms with E-state index >= 15 is 0 Å². The van der Waals surface area contributed by atoms with Crippen molar-refractivity contribution >= 4 is 28.7 Å². The molecular weight excluding hydrogens is 358 g/mol. The second kappa shape index (κ2) is 7.67. The van der Waals surface area contributed by atoms with Crippen molar-refractivity contribution in [3.8, 4) is 5.69 Å². The average molecular weight is 377 g/mol. The maximum Gasteiger partial charge on any atom is 0.251 e. The first-order valence-corrected chi connectivity index (χ1v) is 9.62. The van der Waals surface area contributed by atoms with Gasteiger partial charge in [-0.25, -0.2) is 9.97 Å². The fraction of sp³-hybridized carbons (Fsp3) is 0.150. The molecule has 27 heavy (non-hydrogen) atoms. The van der Waals surface area contributed by atoms with Gasteiger partial charge in [-0.1, -0.05) is 23.9 Å². The van der Waals surface area contributed by atoms with Crippen LogP contribution in [0.15, 0.2) is 72.4 Å². The van der Waals surface area contributed by atoms with Crippen molar-refractivity contribution < 1.29 is 4.79 Å². The molecule has 4 aromatic rings. The summed E-state index contributed by atoms with van der Waals surface area (Å²) >= 11 is 1.62. The summed E-state index contributed by atoms with van der Waals surface area (Å²) in [5.41, 5.74) is 3.61. The molecule has 0 aliphatic carbocycles. The van der Waals surface area contributed by atoms with Gasteiger partial charge < -0.3 is 9.88 Å². The lowest BCUT2D eigenvalue weighted by molar-refractivity contribution is 0.0956. The molecule has 0 unspecified atom stereocenters. The number of nitrogens with one attached hydrogen (secondary N) is 1. The van der Waals surface area contributed by atoms with E-state index in [1.807, 2.05) is 70.9 Å². The number of nitrogens with zero attached hydrogens (tertiary/aromatic N) is 4. The molecule has 2 heterocycles. The number of benzene rings is 2. The number of rotatable bonds is 6. The number of aryl methyl sites for hydroxylation is 1. The highest BCUT2D eigenvalue weighted by Crippen LogP contribution is 2.18. The Morgan fingerprint density at radius 2 is 1.93 bits per heavy atom. The van der Waals surface area contributed by atoms with E-state index < -0.39 is 0 Å². The number of carbonyl (C=O) groups is 1. The molecule has 0 saturated heterocycles. The minimum absolute atomic E-state index is 0.0718. The molecule has 136 valence electrons. The second-order valence-corrected chi connectivity index (χ2v) is 7.14. The number of imidazole rings is 2. The average Bonchev–Trinajstić information content (AvgIpc) is 3.31. The van der Waals surface area contributed by atoms with Crippen LogP contribution in [0, 0.1) is 0 Å². The molecule has 6 nitrogen and oxygen atoms in total. The largest absolute Gasteiger partial charge is 0.351 e. The summed E-state index contributed by atoms with van der Waals surface area (Å²) in [5.74, 6) is 0.702. The molecule has 0 aliphatic heterocycles. The first-order valence-electron chi connectivity index (χ1n) is 8.63. The van der Waals surface area contributed by atoms with Crippen molar-refractivity contribution in [3.05, 3.63) is 72.8 Å². The van der Waals surface area contributed by atoms with Gasteiger partial charge in [0.1, 0.15) is 6.33 Å². The molecule has 2 aromatic carbocycles. The Bertz CT molecular complexity index is 1070. The van der Waals surface area contributed by atoms with Crippen LogP contribution in [-0.2, 0) is 7.05 Å². The standard InChI is InChI=1S/C20H19N5OS/c1-24-12-10-22-20(24)27-13-11-21-19(26)15-6-8-16(9-7-15)25-14-23-17-4-2-3-5-18(17)25/h2-10,12,14H,11,13H2,1H3,(H,21,26). The predicted molar refractivity (Wildman–Crippen MR) is 107 cm³/mol. The zero-order valence-electron chi connectivity index (χ0n) is 14.9. The van der Waals surface area contributed by atoms with Gasteiger partial charge >= 0.3 is 0 Å². The molecular formula is C20H19N5OS. The van der Waals surface area contributed by atoms with Crippen molar-refractivity contribution in [1.82, 2.24) is 24.4 Å². The van der Waals surface area contributed by atoms with Gasteiger partial charge in [-0.05, 0) is 36.4 Å². The monoisotopic (exact) mass is 377 g/mol. The normalized spacial score (nSPS) is 11.0. The Hall–Kier alpha value is -3.06. The topological polar surface area (TPSA) is 64.7 Å². The Morgan fingerprint density at radius 3 is 2.70 bits per heavy atom. The highest BCUT2D eigenvalue weighted by molar-refractivity contribution is 7.99. The molecule has 0 radical (unpaired) electrons. The van der Waals surface area contributed by atoms with Gasteiger partial charge in [0, 0.05) is 43.0 Å². The second-order valence-electron chi connectivity index (χ2n) is 6.08. The smallest absolute Gasteiger partial charge is 0.251 e. The molecule has 1 N–H and O–H groups in total. The quantitative estimate of drug-likeness (QED) is 0.414. The fourth-order valence-corrected chi connectivity index (χ4v) is 3.62. The zero-order valence-corrected chi connectivity index (χ0v) is 15.7. The summed E-state index contributed by atoms with van der Waals surface area (Å²) in [6.07, 6.45) is 5.48. The van der Waals surface area contributed by atoms with E-state index in [1.165, 1.54) is 0 Å². The van der Waals surface area contributed by atoms with Crippen LogP contribution in [-0.4, -0.2) is 37.3 Å². The van der Waals surface area contributed by atoms with Crippen LogP contribution in [0.2, 0.25) is 0 Å².